The maximum absolute atomic E-state index is 4.80. The quantitative estimate of drug-likeness (QED) is 0.638. The lowest BCUT2D eigenvalue weighted by molar-refractivity contribution is 0.292. The molecule has 31 heavy (non-hydrogen) atoms. The number of aryl methyl sites for hydroxylation is 1. The average molecular weight is 415 g/mol. The van der Waals surface area contributed by atoms with Crippen LogP contribution in [0.25, 0.3) is 11.3 Å². The van der Waals surface area contributed by atoms with Gasteiger partial charge in [-0.3, -0.25) is 4.90 Å². The van der Waals surface area contributed by atoms with Gasteiger partial charge >= 0.3 is 0 Å². The Morgan fingerprint density at radius 3 is 2.55 bits per heavy atom. The number of hydrogen-bond donors (Lipinski definition) is 0. The molecule has 2 aliphatic rings. The van der Waals surface area contributed by atoms with Crippen molar-refractivity contribution < 1.29 is 0 Å². The molecule has 0 amide bonds. The molecule has 1 aromatic carbocycles. The van der Waals surface area contributed by atoms with Crippen LogP contribution in [0.2, 0.25) is 0 Å². The lowest BCUT2D eigenvalue weighted by atomic mass is 10.0. The maximum atomic E-state index is 4.80. The molecule has 2 fully saturated rings. The largest absolute Gasteiger partial charge is 0.365 e. The minimum Gasteiger partial charge on any atom is -0.365 e. The highest BCUT2D eigenvalue weighted by molar-refractivity contribution is 5.60. The van der Waals surface area contributed by atoms with E-state index in [0.717, 1.165) is 35.9 Å². The number of anilines is 2. The molecular weight excluding hydrogens is 384 g/mol. The van der Waals surface area contributed by atoms with Gasteiger partial charge in [0.2, 0.25) is 0 Å². The fourth-order valence-electron chi connectivity index (χ4n) is 4.94. The van der Waals surface area contributed by atoms with Gasteiger partial charge in [-0.2, -0.15) is 0 Å². The lowest BCUT2D eigenvalue weighted by Crippen LogP contribution is -2.44. The van der Waals surface area contributed by atoms with Crippen molar-refractivity contribution in [1.29, 1.82) is 0 Å². The molecular formula is C25H30N6. The third-order valence-electron chi connectivity index (χ3n) is 6.65. The van der Waals surface area contributed by atoms with E-state index in [-0.39, 0.29) is 0 Å². The predicted octanol–water partition coefficient (Wildman–Crippen LogP) is 3.40. The van der Waals surface area contributed by atoms with Gasteiger partial charge in [0, 0.05) is 69.3 Å². The first-order valence-corrected chi connectivity index (χ1v) is 11.0. The van der Waals surface area contributed by atoms with E-state index in [1.54, 1.807) is 0 Å². The molecule has 2 unspecified atom stereocenters. The van der Waals surface area contributed by atoms with Crippen molar-refractivity contribution in [3.63, 3.8) is 0 Å². The van der Waals surface area contributed by atoms with Gasteiger partial charge in [0.25, 0.3) is 0 Å². The van der Waals surface area contributed by atoms with E-state index in [1.165, 1.54) is 29.8 Å². The SMILES string of the molecule is Cc1cc(Cc2nccc(-c3ccc(N(C)C)nc3)n2)ccc1N1CC2CC1CN2C. The second kappa shape index (κ2) is 7.93. The summed E-state index contributed by atoms with van der Waals surface area (Å²) in [6.45, 7) is 4.55. The molecule has 5 rings (SSSR count). The van der Waals surface area contributed by atoms with Gasteiger partial charge in [-0.05, 0) is 55.8 Å². The Morgan fingerprint density at radius 2 is 1.90 bits per heavy atom. The van der Waals surface area contributed by atoms with Crippen molar-refractivity contribution in [3.05, 3.63) is 65.7 Å². The van der Waals surface area contributed by atoms with Crippen molar-refractivity contribution in [1.82, 2.24) is 19.9 Å². The molecule has 0 N–H and O–H groups in total. The fraction of sp³-hybridized carbons (Fsp3) is 0.400. The molecule has 160 valence electrons. The lowest BCUT2D eigenvalue weighted by Gasteiger charge is -2.34. The summed E-state index contributed by atoms with van der Waals surface area (Å²) in [5.74, 6) is 1.77. The Hall–Kier alpha value is -2.99. The Bertz CT molecular complexity index is 1080. The minimum atomic E-state index is 0.659. The van der Waals surface area contributed by atoms with Crippen LogP contribution < -0.4 is 9.80 Å². The van der Waals surface area contributed by atoms with Crippen LogP contribution in [-0.2, 0) is 6.42 Å². The van der Waals surface area contributed by atoms with E-state index in [1.807, 2.05) is 43.5 Å². The van der Waals surface area contributed by atoms with E-state index in [2.05, 4.69) is 58.0 Å². The van der Waals surface area contributed by atoms with Crippen molar-refractivity contribution in [2.75, 3.05) is 44.0 Å². The molecule has 6 heteroatoms. The van der Waals surface area contributed by atoms with E-state index in [9.17, 15) is 0 Å². The maximum Gasteiger partial charge on any atom is 0.133 e. The topological polar surface area (TPSA) is 48.4 Å². The van der Waals surface area contributed by atoms with Gasteiger partial charge in [-0.25, -0.2) is 15.0 Å². The second-order valence-electron chi connectivity index (χ2n) is 9.09. The van der Waals surface area contributed by atoms with Crippen LogP contribution in [0.1, 0.15) is 23.4 Å². The van der Waals surface area contributed by atoms with Crippen molar-refractivity contribution in [2.24, 2.45) is 0 Å². The highest BCUT2D eigenvalue weighted by Gasteiger charge is 2.41. The summed E-state index contributed by atoms with van der Waals surface area (Å²) in [5.41, 5.74) is 5.89. The number of aromatic nitrogens is 3. The zero-order valence-electron chi connectivity index (χ0n) is 18.8. The van der Waals surface area contributed by atoms with E-state index >= 15 is 0 Å². The van der Waals surface area contributed by atoms with E-state index < -0.39 is 0 Å². The van der Waals surface area contributed by atoms with Gasteiger partial charge in [-0.15, -0.1) is 0 Å². The first-order chi connectivity index (χ1) is 15.0. The summed E-state index contributed by atoms with van der Waals surface area (Å²) in [5, 5.41) is 0. The van der Waals surface area contributed by atoms with Crippen LogP contribution in [0.4, 0.5) is 11.5 Å². The average Bonchev–Trinajstić information content (AvgIpc) is 3.34. The molecule has 0 saturated carbocycles. The number of piperazine rings is 1. The molecule has 2 bridgehead atoms. The van der Waals surface area contributed by atoms with E-state index in [4.69, 9.17) is 4.98 Å². The molecule has 2 aromatic heterocycles. The first kappa shape index (κ1) is 19.9. The fourth-order valence-corrected chi connectivity index (χ4v) is 4.94. The van der Waals surface area contributed by atoms with Crippen LogP contribution in [-0.4, -0.2) is 66.2 Å². The Morgan fingerprint density at radius 1 is 1.03 bits per heavy atom. The van der Waals surface area contributed by atoms with Crippen molar-refractivity contribution in [2.45, 2.75) is 31.8 Å². The van der Waals surface area contributed by atoms with Crippen LogP contribution in [0, 0.1) is 6.92 Å². The molecule has 2 atom stereocenters. The number of fused-ring (bicyclic) bond motifs is 2. The summed E-state index contributed by atoms with van der Waals surface area (Å²) in [6, 6.07) is 14.2. The molecule has 0 aliphatic carbocycles. The molecule has 0 spiro atoms. The van der Waals surface area contributed by atoms with Crippen molar-refractivity contribution in [3.8, 4) is 11.3 Å². The summed E-state index contributed by atoms with van der Waals surface area (Å²) in [7, 11) is 6.23. The van der Waals surface area contributed by atoms with Crippen LogP contribution in [0.5, 0.6) is 0 Å². The summed E-state index contributed by atoms with van der Waals surface area (Å²) < 4.78 is 0. The number of pyridine rings is 1. The monoisotopic (exact) mass is 414 g/mol. The molecule has 4 heterocycles. The van der Waals surface area contributed by atoms with Crippen LogP contribution in [0.3, 0.4) is 0 Å². The van der Waals surface area contributed by atoms with Gasteiger partial charge in [0.1, 0.15) is 11.6 Å². The second-order valence-corrected chi connectivity index (χ2v) is 9.09. The summed E-state index contributed by atoms with van der Waals surface area (Å²) in [6.07, 6.45) is 5.74. The Balaban J connectivity index is 1.32. The zero-order chi connectivity index (χ0) is 21.5. The molecule has 3 aromatic rings. The van der Waals surface area contributed by atoms with Crippen LogP contribution >= 0.6 is 0 Å². The number of benzene rings is 1. The Kier molecular flexibility index (Phi) is 5.10. The highest BCUT2D eigenvalue weighted by atomic mass is 15.3. The van der Waals surface area contributed by atoms with Gasteiger partial charge in [0.15, 0.2) is 0 Å². The van der Waals surface area contributed by atoms with Crippen LogP contribution in [0.15, 0.2) is 48.8 Å². The van der Waals surface area contributed by atoms with Crippen molar-refractivity contribution >= 4 is 11.5 Å². The summed E-state index contributed by atoms with van der Waals surface area (Å²) >= 11 is 0. The zero-order valence-corrected chi connectivity index (χ0v) is 18.8. The van der Waals surface area contributed by atoms with E-state index in [0.29, 0.717) is 12.1 Å². The molecule has 0 radical (unpaired) electrons. The number of nitrogens with zero attached hydrogens (tertiary/aromatic N) is 6. The smallest absolute Gasteiger partial charge is 0.133 e. The molecule has 2 aliphatic heterocycles. The number of rotatable bonds is 5. The van der Waals surface area contributed by atoms with Gasteiger partial charge in [-0.1, -0.05) is 12.1 Å². The Labute approximate surface area is 184 Å². The third kappa shape index (κ3) is 3.88. The number of likely N-dealkylation sites (N-methyl/N-ethyl adjacent to an activating group) is 1. The highest BCUT2D eigenvalue weighted by Crippen LogP contribution is 2.35. The first-order valence-electron chi connectivity index (χ1n) is 11.0. The normalized spacial score (nSPS) is 20.5. The number of likely N-dealkylation sites (tertiary alicyclic amines) is 1. The van der Waals surface area contributed by atoms with Gasteiger partial charge < -0.3 is 9.80 Å². The molecule has 6 nitrogen and oxygen atoms in total. The number of hydrogen-bond acceptors (Lipinski definition) is 6. The predicted molar refractivity (Wildman–Crippen MR) is 126 cm³/mol. The summed E-state index contributed by atoms with van der Waals surface area (Å²) in [4.78, 5) is 20.9. The third-order valence-corrected chi connectivity index (χ3v) is 6.65. The van der Waals surface area contributed by atoms with Gasteiger partial charge in [0.05, 0.1) is 5.69 Å². The standard InChI is InChI=1S/C25H30N6/c1-17-11-18(5-7-23(17)31-16-20-13-21(31)15-30(20)4)12-24-26-10-9-22(28-24)19-6-8-25(27-14-19)29(2)3/h5-11,14,20-21H,12-13,15-16H2,1-4H3. The minimum absolute atomic E-state index is 0.659. The molecule has 2 saturated heterocycles.